The molecule has 2 aliphatic rings. The Balaban J connectivity index is 1.87. The first-order valence-corrected chi connectivity index (χ1v) is 14.2. The fraction of sp³-hybridized carbons (Fsp3) is 0.750. The van der Waals surface area contributed by atoms with Gasteiger partial charge in [0.15, 0.2) is 0 Å². The molecular weight excluding hydrogens is 494 g/mol. The minimum Gasteiger partial charge on any atom is -0.458 e. The summed E-state index contributed by atoms with van der Waals surface area (Å²) >= 11 is 1.35. The number of rotatable bonds is 4. The molecule has 1 aromatic rings. The van der Waals surface area contributed by atoms with Gasteiger partial charge in [0, 0.05) is 17.7 Å². The number of hydrogen-bond donors (Lipinski definition) is 3. The third kappa shape index (κ3) is 7.06. The van der Waals surface area contributed by atoms with E-state index in [1.54, 1.807) is 13.8 Å². The highest BCUT2D eigenvalue weighted by Gasteiger charge is 2.53. The van der Waals surface area contributed by atoms with Crippen molar-refractivity contribution < 1.29 is 34.4 Å². The van der Waals surface area contributed by atoms with Crippen LogP contribution < -0.4 is 0 Å². The largest absolute Gasteiger partial charge is 0.458 e. The Kier molecular flexibility index (Phi) is 9.72. The standard InChI is InChI=1S/C28H43NO7S/c1-7-19-25(33)16(2)9-8-10-28(6)22(36-28)12-20(17(3)11-18-15-37-23(14-30)29-18)35-24(32)13-21(31)27(4,5)26(19)34/h11,15-16,19-22,25,30-31,33H,7-10,12-14H2,1-6H3/b17-11+/t16-,19+,20-,21-,22-,25-,28+/m0/s1. The minimum absolute atomic E-state index is 0.0830. The maximum absolute atomic E-state index is 13.5. The average molecular weight is 538 g/mol. The summed E-state index contributed by atoms with van der Waals surface area (Å²) in [6.45, 7) is 10.9. The number of carbonyl (C=O) groups excluding carboxylic acids is 2. The molecule has 2 saturated heterocycles. The van der Waals surface area contributed by atoms with Crippen LogP contribution in [0.2, 0.25) is 0 Å². The van der Waals surface area contributed by atoms with E-state index in [4.69, 9.17) is 9.47 Å². The van der Waals surface area contributed by atoms with Crippen LogP contribution in [0.15, 0.2) is 11.0 Å². The Morgan fingerprint density at radius 2 is 1.97 bits per heavy atom. The second-order valence-corrected chi connectivity index (χ2v) is 12.5. The lowest BCUT2D eigenvalue weighted by Crippen LogP contribution is -2.46. The van der Waals surface area contributed by atoms with E-state index >= 15 is 0 Å². The third-order valence-corrected chi connectivity index (χ3v) is 9.11. The molecule has 7 atom stereocenters. The molecule has 0 bridgehead atoms. The summed E-state index contributed by atoms with van der Waals surface area (Å²) < 4.78 is 11.9. The van der Waals surface area contributed by atoms with Crippen molar-refractivity contribution >= 4 is 29.2 Å². The van der Waals surface area contributed by atoms with Gasteiger partial charge in [0.25, 0.3) is 0 Å². The molecule has 3 rings (SSSR count). The summed E-state index contributed by atoms with van der Waals surface area (Å²) in [4.78, 5) is 30.8. The molecule has 0 amide bonds. The highest BCUT2D eigenvalue weighted by Crippen LogP contribution is 2.45. The number of thiazole rings is 1. The number of ketones is 1. The number of aromatic nitrogens is 1. The van der Waals surface area contributed by atoms with Crippen molar-refractivity contribution in [2.45, 2.75) is 117 Å². The van der Waals surface area contributed by atoms with E-state index in [2.05, 4.69) is 11.9 Å². The first kappa shape index (κ1) is 29.9. The first-order valence-electron chi connectivity index (χ1n) is 13.3. The lowest BCUT2D eigenvalue weighted by atomic mass is 9.71. The van der Waals surface area contributed by atoms with Crippen LogP contribution in [0, 0.1) is 17.3 Å². The van der Waals surface area contributed by atoms with Crippen LogP contribution in [0.1, 0.15) is 90.8 Å². The fourth-order valence-corrected chi connectivity index (χ4v) is 5.92. The molecule has 37 heavy (non-hydrogen) atoms. The van der Waals surface area contributed by atoms with Crippen molar-refractivity contribution in [3.05, 3.63) is 21.7 Å². The smallest absolute Gasteiger partial charge is 0.309 e. The van der Waals surface area contributed by atoms with Crippen LogP contribution in [0.4, 0.5) is 0 Å². The van der Waals surface area contributed by atoms with Gasteiger partial charge in [-0.05, 0) is 50.7 Å². The molecule has 3 heterocycles. The molecule has 0 aliphatic carbocycles. The topological polar surface area (TPSA) is 129 Å². The van der Waals surface area contributed by atoms with E-state index in [-0.39, 0.29) is 36.4 Å². The van der Waals surface area contributed by atoms with Crippen LogP contribution >= 0.6 is 11.3 Å². The number of aliphatic hydroxyl groups excluding tert-OH is 3. The van der Waals surface area contributed by atoms with Crippen molar-refractivity contribution in [3.63, 3.8) is 0 Å². The van der Waals surface area contributed by atoms with Gasteiger partial charge in [-0.1, -0.05) is 34.1 Å². The number of hydrogen-bond acceptors (Lipinski definition) is 9. The molecular formula is C28H43NO7S. The van der Waals surface area contributed by atoms with Crippen molar-refractivity contribution in [3.8, 4) is 0 Å². The van der Waals surface area contributed by atoms with Gasteiger partial charge >= 0.3 is 5.97 Å². The maximum atomic E-state index is 13.5. The zero-order valence-corrected chi connectivity index (χ0v) is 23.7. The van der Waals surface area contributed by atoms with Gasteiger partial charge in [0.2, 0.25) is 0 Å². The van der Waals surface area contributed by atoms with Gasteiger partial charge in [0.1, 0.15) is 16.9 Å². The van der Waals surface area contributed by atoms with Gasteiger partial charge < -0.3 is 24.8 Å². The van der Waals surface area contributed by atoms with Crippen molar-refractivity contribution in [2.75, 3.05) is 0 Å². The van der Waals surface area contributed by atoms with Gasteiger partial charge in [0.05, 0.1) is 48.0 Å². The van der Waals surface area contributed by atoms with Crippen molar-refractivity contribution in [2.24, 2.45) is 17.3 Å². The van der Waals surface area contributed by atoms with Crippen LogP contribution in [0.3, 0.4) is 0 Å². The Morgan fingerprint density at radius 1 is 1.27 bits per heavy atom. The van der Waals surface area contributed by atoms with Gasteiger partial charge in [-0.15, -0.1) is 11.3 Å². The first-order chi connectivity index (χ1) is 17.3. The van der Waals surface area contributed by atoms with E-state index in [9.17, 15) is 24.9 Å². The highest BCUT2D eigenvalue weighted by molar-refractivity contribution is 7.09. The number of fused-ring (bicyclic) bond motifs is 1. The predicted molar refractivity (Wildman–Crippen MR) is 142 cm³/mol. The molecule has 1 aromatic heterocycles. The number of esters is 1. The summed E-state index contributed by atoms with van der Waals surface area (Å²) in [7, 11) is 0. The Morgan fingerprint density at radius 3 is 2.59 bits per heavy atom. The molecule has 0 spiro atoms. The van der Waals surface area contributed by atoms with Gasteiger partial charge in [-0.25, -0.2) is 4.98 Å². The molecule has 208 valence electrons. The quantitative estimate of drug-likeness (QED) is 0.387. The molecule has 0 radical (unpaired) electrons. The molecule has 0 aromatic carbocycles. The number of aliphatic hydroxyl groups is 3. The second-order valence-electron chi connectivity index (χ2n) is 11.5. The molecule has 9 heteroatoms. The maximum Gasteiger partial charge on any atom is 0.309 e. The second kappa shape index (κ2) is 12.0. The summed E-state index contributed by atoms with van der Waals surface area (Å²) in [5.74, 6) is -1.55. The number of cyclic esters (lactones) is 1. The summed E-state index contributed by atoms with van der Waals surface area (Å²) in [6, 6.07) is 0. The zero-order valence-electron chi connectivity index (χ0n) is 22.9. The molecule has 2 aliphatic heterocycles. The predicted octanol–water partition coefficient (Wildman–Crippen LogP) is 4.05. The molecule has 3 N–H and O–H groups in total. The van der Waals surface area contributed by atoms with E-state index in [1.165, 1.54) is 11.3 Å². The van der Waals surface area contributed by atoms with E-state index in [1.807, 2.05) is 32.2 Å². The van der Waals surface area contributed by atoms with Crippen LogP contribution in [0.5, 0.6) is 0 Å². The van der Waals surface area contributed by atoms with Gasteiger partial charge in [-0.2, -0.15) is 0 Å². The SMILES string of the molecule is CC[C@H]1C(=O)C(C)(C)[C@@H](O)CC(=O)O[C@H](/C(C)=C/c2csc(CO)n2)C[C@@H]2O[C@]2(C)CCC[C@H](C)[C@@H]1O. The monoisotopic (exact) mass is 537 g/mol. The average Bonchev–Trinajstić information content (AvgIpc) is 3.24. The Bertz CT molecular complexity index is 989. The van der Waals surface area contributed by atoms with Crippen molar-refractivity contribution in [1.29, 1.82) is 0 Å². The van der Waals surface area contributed by atoms with Crippen molar-refractivity contribution in [1.82, 2.24) is 4.98 Å². The number of nitrogens with zero attached hydrogens (tertiary/aromatic N) is 1. The van der Waals surface area contributed by atoms with E-state index in [0.717, 1.165) is 24.8 Å². The molecule has 0 unspecified atom stereocenters. The number of Topliss-reactive ketones (excluding diaryl/α,β-unsaturated/α-hetero) is 1. The zero-order chi connectivity index (χ0) is 27.5. The van der Waals surface area contributed by atoms with Gasteiger partial charge in [-0.3, -0.25) is 9.59 Å². The van der Waals surface area contributed by atoms with E-state index < -0.39 is 35.6 Å². The lowest BCUT2D eigenvalue weighted by Gasteiger charge is -2.35. The number of epoxide rings is 1. The van der Waals surface area contributed by atoms with E-state index in [0.29, 0.717) is 23.5 Å². The highest BCUT2D eigenvalue weighted by atomic mass is 32.1. The van der Waals surface area contributed by atoms with Crippen LogP contribution in [-0.2, 0) is 25.7 Å². The Hall–Kier alpha value is -1.65. The summed E-state index contributed by atoms with van der Waals surface area (Å²) in [5, 5.41) is 33.7. The number of carbonyl (C=O) groups is 2. The molecule has 8 nitrogen and oxygen atoms in total. The molecule has 0 saturated carbocycles. The fourth-order valence-electron chi connectivity index (χ4n) is 5.31. The summed E-state index contributed by atoms with van der Waals surface area (Å²) in [6.07, 6.45) is 2.08. The normalized spacial score (nSPS) is 36.1. The summed E-state index contributed by atoms with van der Waals surface area (Å²) in [5.41, 5.74) is -0.0928. The molecule has 2 fully saturated rings. The minimum atomic E-state index is -1.25. The lowest BCUT2D eigenvalue weighted by molar-refractivity contribution is -0.154. The van der Waals surface area contributed by atoms with Crippen LogP contribution in [0.25, 0.3) is 6.08 Å². The van der Waals surface area contributed by atoms with Crippen LogP contribution in [-0.4, -0.2) is 62.1 Å². The third-order valence-electron chi connectivity index (χ3n) is 8.26. The number of ether oxygens (including phenoxy) is 2. The Labute approximate surface area is 224 Å².